The van der Waals surface area contributed by atoms with Crippen molar-refractivity contribution in [3.05, 3.63) is 12.3 Å². The summed E-state index contributed by atoms with van der Waals surface area (Å²) in [6.45, 7) is 9.07. The zero-order valence-corrected chi connectivity index (χ0v) is 9.25. The van der Waals surface area contributed by atoms with Crippen molar-refractivity contribution < 1.29 is 9.53 Å². The van der Waals surface area contributed by atoms with E-state index in [2.05, 4.69) is 4.90 Å². The van der Waals surface area contributed by atoms with Crippen LogP contribution in [0.4, 0.5) is 0 Å². The zero-order valence-electron chi connectivity index (χ0n) is 9.25. The summed E-state index contributed by atoms with van der Waals surface area (Å²) in [5.74, 6) is 0.170. The van der Waals surface area contributed by atoms with Gasteiger partial charge in [-0.2, -0.15) is 0 Å². The van der Waals surface area contributed by atoms with Gasteiger partial charge in [0.25, 0.3) is 0 Å². The molecule has 0 aromatic carbocycles. The zero-order chi connectivity index (χ0) is 10.6. The summed E-state index contributed by atoms with van der Waals surface area (Å²) in [6, 6.07) is 0. The van der Waals surface area contributed by atoms with Gasteiger partial charge in [0.15, 0.2) is 5.78 Å². The van der Waals surface area contributed by atoms with Gasteiger partial charge in [-0.05, 0) is 6.08 Å². The Bertz CT molecular complexity index is 222. The maximum atomic E-state index is 11.6. The summed E-state index contributed by atoms with van der Waals surface area (Å²) in [5, 5.41) is 0. The third-order valence-electron chi connectivity index (χ3n) is 2.22. The summed E-state index contributed by atoms with van der Waals surface area (Å²) < 4.78 is 5.21. The Hall–Kier alpha value is -0.830. The van der Waals surface area contributed by atoms with Crippen LogP contribution in [0.2, 0.25) is 0 Å². The smallest absolute Gasteiger partial charge is 0.162 e. The van der Waals surface area contributed by atoms with E-state index in [1.54, 1.807) is 6.08 Å². The summed E-state index contributed by atoms with van der Waals surface area (Å²) in [6.07, 6.45) is 3.56. The second kappa shape index (κ2) is 4.60. The maximum Gasteiger partial charge on any atom is 0.162 e. The SMILES string of the molecule is CC(C)(C)C(=O)/C=C/N1CCOCC1. The van der Waals surface area contributed by atoms with Crippen molar-refractivity contribution in [1.29, 1.82) is 0 Å². The number of morpholine rings is 1. The van der Waals surface area contributed by atoms with Gasteiger partial charge >= 0.3 is 0 Å². The monoisotopic (exact) mass is 197 g/mol. The predicted octanol–water partition coefficient (Wildman–Crippen LogP) is 1.45. The lowest BCUT2D eigenvalue weighted by atomic mass is 9.91. The molecule has 3 heteroatoms. The normalized spacial score (nSPS) is 18.9. The molecule has 1 saturated heterocycles. The molecule has 0 aromatic rings. The fraction of sp³-hybridized carbons (Fsp3) is 0.727. The molecule has 0 atom stereocenters. The van der Waals surface area contributed by atoms with E-state index < -0.39 is 0 Å². The van der Waals surface area contributed by atoms with Crippen LogP contribution in [0.15, 0.2) is 12.3 Å². The standard InChI is InChI=1S/C11H19NO2/c1-11(2,3)10(13)4-5-12-6-8-14-9-7-12/h4-5H,6-9H2,1-3H3/b5-4+. The van der Waals surface area contributed by atoms with E-state index in [-0.39, 0.29) is 11.2 Å². The highest BCUT2D eigenvalue weighted by molar-refractivity contribution is 5.93. The Balaban J connectivity index is 2.42. The van der Waals surface area contributed by atoms with E-state index >= 15 is 0 Å². The summed E-state index contributed by atoms with van der Waals surface area (Å²) in [4.78, 5) is 13.7. The van der Waals surface area contributed by atoms with Crippen molar-refractivity contribution in [2.75, 3.05) is 26.3 Å². The highest BCUT2D eigenvalue weighted by atomic mass is 16.5. The van der Waals surface area contributed by atoms with E-state index in [1.807, 2.05) is 27.0 Å². The van der Waals surface area contributed by atoms with E-state index in [0.717, 1.165) is 26.3 Å². The molecule has 1 fully saturated rings. The van der Waals surface area contributed by atoms with Gasteiger partial charge in [0.05, 0.1) is 13.2 Å². The third kappa shape index (κ3) is 3.50. The molecule has 0 aliphatic carbocycles. The molecule has 1 heterocycles. The van der Waals surface area contributed by atoms with Gasteiger partial charge in [-0.1, -0.05) is 20.8 Å². The molecule has 0 spiro atoms. The summed E-state index contributed by atoms with van der Waals surface area (Å²) in [5.41, 5.74) is -0.275. The lowest BCUT2D eigenvalue weighted by Crippen LogP contribution is -2.32. The molecule has 0 saturated carbocycles. The summed E-state index contributed by atoms with van der Waals surface area (Å²) >= 11 is 0. The van der Waals surface area contributed by atoms with Crippen LogP contribution < -0.4 is 0 Å². The highest BCUT2D eigenvalue weighted by Gasteiger charge is 2.18. The molecule has 80 valence electrons. The number of allylic oxidation sites excluding steroid dienone is 1. The number of hydrogen-bond acceptors (Lipinski definition) is 3. The number of nitrogens with zero attached hydrogens (tertiary/aromatic N) is 1. The van der Waals surface area contributed by atoms with Gasteiger partial charge < -0.3 is 9.64 Å². The predicted molar refractivity (Wildman–Crippen MR) is 56.0 cm³/mol. The van der Waals surface area contributed by atoms with E-state index in [4.69, 9.17) is 4.74 Å². The van der Waals surface area contributed by atoms with Crippen LogP contribution in [0.3, 0.4) is 0 Å². The number of ketones is 1. The van der Waals surface area contributed by atoms with Crippen LogP contribution in [0, 0.1) is 5.41 Å². The molecule has 1 aliphatic rings. The number of ether oxygens (including phenoxy) is 1. The number of hydrogen-bond donors (Lipinski definition) is 0. The van der Waals surface area contributed by atoms with Crippen molar-refractivity contribution in [1.82, 2.24) is 4.90 Å². The van der Waals surface area contributed by atoms with Crippen molar-refractivity contribution in [2.24, 2.45) is 5.41 Å². The first kappa shape index (κ1) is 11.2. The van der Waals surface area contributed by atoms with Crippen molar-refractivity contribution in [3.8, 4) is 0 Å². The van der Waals surface area contributed by atoms with E-state index in [1.165, 1.54) is 0 Å². The first-order valence-electron chi connectivity index (χ1n) is 5.04. The Morgan fingerprint density at radius 2 is 1.86 bits per heavy atom. The second-order valence-electron chi connectivity index (χ2n) is 4.58. The average Bonchev–Trinajstić information content (AvgIpc) is 2.14. The average molecular weight is 197 g/mol. The number of carbonyl (C=O) groups excluding carboxylic acids is 1. The van der Waals surface area contributed by atoms with Crippen molar-refractivity contribution >= 4 is 5.78 Å². The molecule has 0 amide bonds. The highest BCUT2D eigenvalue weighted by Crippen LogP contribution is 2.15. The van der Waals surface area contributed by atoms with Gasteiger partial charge in [-0.3, -0.25) is 4.79 Å². The molecule has 0 N–H and O–H groups in total. The summed E-state index contributed by atoms with van der Waals surface area (Å²) in [7, 11) is 0. The molecular formula is C11H19NO2. The molecule has 0 bridgehead atoms. The lowest BCUT2D eigenvalue weighted by Gasteiger charge is -2.25. The number of rotatable bonds is 2. The first-order chi connectivity index (χ1) is 6.50. The van der Waals surface area contributed by atoms with Crippen LogP contribution in [0.25, 0.3) is 0 Å². The molecular weight excluding hydrogens is 178 g/mol. The molecule has 0 unspecified atom stereocenters. The number of carbonyl (C=O) groups is 1. The van der Waals surface area contributed by atoms with Crippen LogP contribution >= 0.6 is 0 Å². The van der Waals surface area contributed by atoms with Gasteiger partial charge in [0, 0.05) is 24.7 Å². The van der Waals surface area contributed by atoms with Crippen molar-refractivity contribution in [3.63, 3.8) is 0 Å². The minimum absolute atomic E-state index is 0.170. The largest absolute Gasteiger partial charge is 0.378 e. The molecule has 0 radical (unpaired) electrons. The van der Waals surface area contributed by atoms with Gasteiger partial charge in [-0.15, -0.1) is 0 Å². The Labute approximate surface area is 85.7 Å². The van der Waals surface area contributed by atoms with E-state index in [0.29, 0.717) is 0 Å². The minimum Gasteiger partial charge on any atom is -0.378 e. The molecule has 1 rings (SSSR count). The molecule has 3 nitrogen and oxygen atoms in total. The lowest BCUT2D eigenvalue weighted by molar-refractivity contribution is -0.121. The quantitative estimate of drug-likeness (QED) is 0.627. The fourth-order valence-electron chi connectivity index (χ4n) is 1.15. The van der Waals surface area contributed by atoms with E-state index in [9.17, 15) is 4.79 Å². The van der Waals surface area contributed by atoms with Crippen LogP contribution in [-0.2, 0) is 9.53 Å². The minimum atomic E-state index is -0.275. The molecule has 14 heavy (non-hydrogen) atoms. The molecule has 0 aromatic heterocycles. The van der Waals surface area contributed by atoms with Gasteiger partial charge in [0.1, 0.15) is 0 Å². The molecule has 1 aliphatic heterocycles. The topological polar surface area (TPSA) is 29.5 Å². The maximum absolute atomic E-state index is 11.6. The van der Waals surface area contributed by atoms with Crippen molar-refractivity contribution in [2.45, 2.75) is 20.8 Å². The fourth-order valence-corrected chi connectivity index (χ4v) is 1.15. The van der Waals surface area contributed by atoms with Crippen LogP contribution in [-0.4, -0.2) is 37.0 Å². The van der Waals surface area contributed by atoms with Crippen LogP contribution in [0.5, 0.6) is 0 Å². The Morgan fingerprint density at radius 1 is 1.29 bits per heavy atom. The van der Waals surface area contributed by atoms with Gasteiger partial charge in [-0.25, -0.2) is 0 Å². The first-order valence-corrected chi connectivity index (χ1v) is 5.04. The van der Waals surface area contributed by atoms with Gasteiger partial charge in [0.2, 0.25) is 0 Å². The Kier molecular flexibility index (Phi) is 3.69. The Morgan fingerprint density at radius 3 is 2.36 bits per heavy atom. The second-order valence-corrected chi connectivity index (χ2v) is 4.58. The third-order valence-corrected chi connectivity index (χ3v) is 2.22. The van der Waals surface area contributed by atoms with Crippen LogP contribution in [0.1, 0.15) is 20.8 Å².